The maximum Gasteiger partial charge on any atom is 0.264 e. The molecule has 1 N–H and O–H groups in total. The molecule has 2 aromatic rings. The molecule has 3 rings (SSSR count). The Morgan fingerprint density at radius 2 is 2.00 bits per heavy atom. The van der Waals surface area contributed by atoms with Gasteiger partial charge in [-0.05, 0) is 49.2 Å². The van der Waals surface area contributed by atoms with Gasteiger partial charge < -0.3 is 10.1 Å². The highest BCUT2D eigenvalue weighted by molar-refractivity contribution is 7.92. The van der Waals surface area contributed by atoms with Gasteiger partial charge in [0, 0.05) is 24.2 Å². The summed E-state index contributed by atoms with van der Waals surface area (Å²) in [5.41, 5.74) is 0.734. The zero-order valence-electron chi connectivity index (χ0n) is 14.9. The van der Waals surface area contributed by atoms with Crippen LogP contribution in [0.5, 0.6) is 0 Å². The minimum absolute atomic E-state index is 0.0394. The predicted octanol–water partition coefficient (Wildman–Crippen LogP) is 3.07. The van der Waals surface area contributed by atoms with Crippen LogP contribution in [-0.2, 0) is 14.8 Å². The third-order valence-corrected chi connectivity index (χ3v) is 6.44. The molecule has 0 bridgehead atoms. The summed E-state index contributed by atoms with van der Waals surface area (Å²) in [6, 6.07) is 12.5. The van der Waals surface area contributed by atoms with Crippen molar-refractivity contribution in [3.05, 3.63) is 59.1 Å². The smallest absolute Gasteiger partial charge is 0.264 e. The van der Waals surface area contributed by atoms with E-state index in [-0.39, 0.29) is 16.8 Å². The van der Waals surface area contributed by atoms with E-state index >= 15 is 0 Å². The molecule has 6 nitrogen and oxygen atoms in total. The molecule has 0 radical (unpaired) electrons. The van der Waals surface area contributed by atoms with E-state index in [2.05, 4.69) is 5.32 Å². The van der Waals surface area contributed by atoms with Crippen molar-refractivity contribution in [1.29, 1.82) is 0 Å². The van der Waals surface area contributed by atoms with Gasteiger partial charge in [0.25, 0.3) is 15.9 Å². The van der Waals surface area contributed by atoms with Gasteiger partial charge in [-0.3, -0.25) is 9.10 Å². The number of rotatable bonds is 5. The number of ether oxygens (including phenoxy) is 1. The van der Waals surface area contributed by atoms with Crippen LogP contribution in [0.15, 0.2) is 53.4 Å². The van der Waals surface area contributed by atoms with Crippen LogP contribution in [0.4, 0.5) is 5.69 Å². The van der Waals surface area contributed by atoms with Crippen LogP contribution in [0.1, 0.15) is 23.2 Å². The summed E-state index contributed by atoms with van der Waals surface area (Å²) in [7, 11) is -2.38. The van der Waals surface area contributed by atoms with Gasteiger partial charge in [-0.2, -0.15) is 0 Å². The van der Waals surface area contributed by atoms with E-state index in [9.17, 15) is 13.2 Å². The van der Waals surface area contributed by atoms with Gasteiger partial charge in [-0.1, -0.05) is 23.7 Å². The van der Waals surface area contributed by atoms with Crippen LogP contribution in [-0.4, -0.2) is 40.6 Å². The average Bonchev–Trinajstić information content (AvgIpc) is 2.68. The van der Waals surface area contributed by atoms with E-state index in [1.165, 1.54) is 19.2 Å². The minimum atomic E-state index is -3.83. The van der Waals surface area contributed by atoms with Gasteiger partial charge in [0.1, 0.15) is 0 Å². The van der Waals surface area contributed by atoms with Crippen molar-refractivity contribution in [3.63, 3.8) is 0 Å². The Balaban J connectivity index is 1.82. The van der Waals surface area contributed by atoms with Crippen LogP contribution in [0.2, 0.25) is 5.02 Å². The second kappa shape index (κ2) is 8.29. The molecule has 1 saturated heterocycles. The molecule has 0 spiro atoms. The number of nitrogens with zero attached hydrogens (tertiary/aromatic N) is 1. The molecular formula is C19H21ClN2O4S. The van der Waals surface area contributed by atoms with E-state index in [1.807, 2.05) is 0 Å². The van der Waals surface area contributed by atoms with E-state index in [4.69, 9.17) is 16.3 Å². The highest BCUT2D eigenvalue weighted by Crippen LogP contribution is 2.25. The van der Waals surface area contributed by atoms with Crippen molar-refractivity contribution < 1.29 is 17.9 Å². The Morgan fingerprint density at radius 1 is 1.22 bits per heavy atom. The fourth-order valence-corrected chi connectivity index (χ4v) is 4.31. The number of anilines is 1. The molecular weight excluding hydrogens is 388 g/mol. The molecule has 1 aliphatic heterocycles. The number of hydrogen-bond donors (Lipinski definition) is 1. The van der Waals surface area contributed by atoms with Crippen LogP contribution in [0.3, 0.4) is 0 Å². The molecule has 1 heterocycles. The van der Waals surface area contributed by atoms with Crippen LogP contribution in [0, 0.1) is 0 Å². The first kappa shape index (κ1) is 19.7. The summed E-state index contributed by atoms with van der Waals surface area (Å²) >= 11 is 5.96. The number of amides is 1. The number of halogens is 1. The fraction of sp³-hybridized carbons (Fsp3) is 0.316. The summed E-state index contributed by atoms with van der Waals surface area (Å²) in [6.45, 7) is 1.18. The van der Waals surface area contributed by atoms with Crippen molar-refractivity contribution in [2.75, 3.05) is 24.6 Å². The Labute approximate surface area is 164 Å². The maximum absolute atomic E-state index is 12.9. The van der Waals surface area contributed by atoms with Crippen molar-refractivity contribution in [1.82, 2.24) is 5.32 Å². The monoisotopic (exact) mass is 408 g/mol. The highest BCUT2D eigenvalue weighted by Gasteiger charge is 2.23. The summed E-state index contributed by atoms with van der Waals surface area (Å²) in [5.74, 6) is -0.312. The Bertz CT molecular complexity index is 927. The molecule has 1 fully saturated rings. The maximum atomic E-state index is 12.9. The topological polar surface area (TPSA) is 75.7 Å². The number of benzene rings is 2. The minimum Gasteiger partial charge on any atom is -0.379 e. The molecule has 27 heavy (non-hydrogen) atoms. The van der Waals surface area contributed by atoms with Gasteiger partial charge in [-0.25, -0.2) is 8.42 Å². The first-order chi connectivity index (χ1) is 12.9. The second-order valence-electron chi connectivity index (χ2n) is 6.37. The summed E-state index contributed by atoms with van der Waals surface area (Å²) in [6.07, 6.45) is 1.74. The lowest BCUT2D eigenvalue weighted by molar-refractivity contribution is 0.0624. The van der Waals surface area contributed by atoms with Crippen LogP contribution < -0.4 is 9.62 Å². The normalized spacial score (nSPS) is 17.3. The molecule has 8 heteroatoms. The van der Waals surface area contributed by atoms with Crippen molar-refractivity contribution in [2.45, 2.75) is 23.8 Å². The lowest BCUT2D eigenvalue weighted by Crippen LogP contribution is -2.40. The molecule has 1 atom stereocenters. The second-order valence-corrected chi connectivity index (χ2v) is 8.77. The lowest BCUT2D eigenvalue weighted by Gasteiger charge is -2.23. The fourth-order valence-electron chi connectivity index (χ4n) is 2.89. The molecule has 0 aliphatic carbocycles. The quantitative estimate of drug-likeness (QED) is 0.824. The van der Waals surface area contributed by atoms with E-state index in [1.54, 1.807) is 36.4 Å². The van der Waals surface area contributed by atoms with Crippen molar-refractivity contribution in [3.8, 4) is 0 Å². The van der Waals surface area contributed by atoms with Crippen LogP contribution in [0.25, 0.3) is 0 Å². The Morgan fingerprint density at radius 3 is 2.70 bits per heavy atom. The molecule has 2 aromatic carbocycles. The number of carbonyl (C=O) groups excluding carboxylic acids is 1. The Kier molecular flexibility index (Phi) is 6.04. The standard InChI is InChI=1S/C19H21ClN2O4S/c1-22(17-8-3-6-15(20)12-17)27(24,25)18-9-2-5-14(11-18)19(23)21-16-7-4-10-26-13-16/h2-3,5-6,8-9,11-12,16H,4,7,10,13H2,1H3,(H,21,23). The Hall–Kier alpha value is -2.09. The first-order valence-electron chi connectivity index (χ1n) is 8.61. The lowest BCUT2D eigenvalue weighted by atomic mass is 10.1. The van der Waals surface area contributed by atoms with E-state index in [0.717, 1.165) is 17.1 Å². The summed E-state index contributed by atoms with van der Waals surface area (Å²) in [4.78, 5) is 12.5. The van der Waals surface area contributed by atoms with Gasteiger partial charge in [0.05, 0.1) is 23.2 Å². The first-order valence-corrected chi connectivity index (χ1v) is 10.4. The van der Waals surface area contributed by atoms with Gasteiger partial charge in [0.15, 0.2) is 0 Å². The largest absolute Gasteiger partial charge is 0.379 e. The number of nitrogens with one attached hydrogen (secondary N) is 1. The zero-order chi connectivity index (χ0) is 19.4. The molecule has 144 valence electrons. The zero-order valence-corrected chi connectivity index (χ0v) is 16.5. The molecule has 1 aliphatic rings. The number of carbonyl (C=O) groups is 1. The number of hydrogen-bond acceptors (Lipinski definition) is 4. The molecule has 1 unspecified atom stereocenters. The molecule has 0 saturated carbocycles. The third-order valence-electron chi connectivity index (χ3n) is 4.42. The number of sulfonamides is 1. The van der Waals surface area contributed by atoms with E-state index in [0.29, 0.717) is 29.5 Å². The predicted molar refractivity (Wildman–Crippen MR) is 105 cm³/mol. The average molecular weight is 409 g/mol. The van der Waals surface area contributed by atoms with E-state index < -0.39 is 10.0 Å². The van der Waals surface area contributed by atoms with Crippen molar-refractivity contribution >= 4 is 33.2 Å². The summed E-state index contributed by atoms with van der Waals surface area (Å²) < 4.78 is 32.4. The van der Waals surface area contributed by atoms with Crippen molar-refractivity contribution in [2.24, 2.45) is 0 Å². The molecule has 0 aromatic heterocycles. The van der Waals surface area contributed by atoms with Gasteiger partial charge >= 0.3 is 0 Å². The third kappa shape index (κ3) is 4.61. The van der Waals surface area contributed by atoms with Gasteiger partial charge in [0.2, 0.25) is 0 Å². The summed E-state index contributed by atoms with van der Waals surface area (Å²) in [5, 5.41) is 3.33. The molecule has 1 amide bonds. The highest BCUT2D eigenvalue weighted by atomic mass is 35.5. The SMILES string of the molecule is CN(c1cccc(Cl)c1)S(=O)(=O)c1cccc(C(=O)NC2CCCOC2)c1. The van der Waals surface area contributed by atoms with Crippen LogP contribution >= 0.6 is 11.6 Å². The van der Waals surface area contributed by atoms with Gasteiger partial charge in [-0.15, -0.1) is 0 Å².